The van der Waals surface area contributed by atoms with E-state index in [1.807, 2.05) is 13.0 Å². The van der Waals surface area contributed by atoms with Gasteiger partial charge in [-0.3, -0.25) is 0 Å². The molecule has 2 aliphatic rings. The molecule has 0 aromatic heterocycles. The average molecular weight is 181 g/mol. The highest BCUT2D eigenvalue weighted by atomic mass is 16.5. The molecule has 2 unspecified atom stereocenters. The van der Waals surface area contributed by atoms with Gasteiger partial charge in [-0.05, 0) is 25.8 Å². The van der Waals surface area contributed by atoms with E-state index in [1.54, 1.807) is 6.08 Å². The molecule has 0 spiro atoms. The van der Waals surface area contributed by atoms with Crippen molar-refractivity contribution in [3.05, 3.63) is 12.2 Å². The van der Waals surface area contributed by atoms with Gasteiger partial charge in [0.1, 0.15) is 0 Å². The number of ether oxygens (including phenoxy) is 1. The molecule has 3 nitrogen and oxygen atoms in total. The second kappa shape index (κ2) is 3.14. The summed E-state index contributed by atoms with van der Waals surface area (Å²) in [4.78, 5) is 11.0. The number of carbonyl (C=O) groups is 1. The number of fused-ring (bicyclic) bond motifs is 1. The third-order valence-corrected chi connectivity index (χ3v) is 2.96. The predicted octanol–water partition coefficient (Wildman–Crippen LogP) is 0.715. The van der Waals surface area contributed by atoms with Crippen LogP contribution in [0.4, 0.5) is 0 Å². The number of hydrogen-bond donors (Lipinski definition) is 1. The topological polar surface area (TPSA) is 38.3 Å². The Balaban J connectivity index is 1.87. The van der Waals surface area contributed by atoms with Gasteiger partial charge >= 0.3 is 5.97 Å². The van der Waals surface area contributed by atoms with Crippen molar-refractivity contribution in [2.75, 3.05) is 19.7 Å². The van der Waals surface area contributed by atoms with Crippen LogP contribution in [0.5, 0.6) is 0 Å². The van der Waals surface area contributed by atoms with Crippen molar-refractivity contribution in [1.82, 2.24) is 5.32 Å². The predicted molar refractivity (Wildman–Crippen MR) is 49.2 cm³/mol. The molecule has 3 heteroatoms. The summed E-state index contributed by atoms with van der Waals surface area (Å²) >= 11 is 0. The first-order valence-corrected chi connectivity index (χ1v) is 4.83. The molecule has 1 aliphatic carbocycles. The van der Waals surface area contributed by atoms with Crippen molar-refractivity contribution in [2.24, 2.45) is 11.3 Å². The summed E-state index contributed by atoms with van der Waals surface area (Å²) in [7, 11) is 0. The van der Waals surface area contributed by atoms with Crippen LogP contribution in [0.15, 0.2) is 12.2 Å². The molecule has 1 saturated heterocycles. The van der Waals surface area contributed by atoms with Crippen molar-refractivity contribution in [2.45, 2.75) is 13.3 Å². The fourth-order valence-electron chi connectivity index (χ4n) is 2.06. The third-order valence-electron chi connectivity index (χ3n) is 2.96. The van der Waals surface area contributed by atoms with Crippen LogP contribution in [0.2, 0.25) is 0 Å². The molecule has 2 atom stereocenters. The van der Waals surface area contributed by atoms with Gasteiger partial charge in [-0.25, -0.2) is 4.79 Å². The SMILES string of the molecule is CCOC(=O)/C=C/C12CNCC1C2. The smallest absolute Gasteiger partial charge is 0.330 e. The molecule has 0 radical (unpaired) electrons. The van der Waals surface area contributed by atoms with Crippen molar-refractivity contribution in [1.29, 1.82) is 0 Å². The highest BCUT2D eigenvalue weighted by molar-refractivity contribution is 5.82. The van der Waals surface area contributed by atoms with Crippen LogP contribution in [0.25, 0.3) is 0 Å². The minimum Gasteiger partial charge on any atom is -0.463 e. The molecule has 2 fully saturated rings. The zero-order chi connectivity index (χ0) is 9.31. The number of rotatable bonds is 3. The van der Waals surface area contributed by atoms with Crippen LogP contribution in [0.3, 0.4) is 0 Å². The van der Waals surface area contributed by atoms with Gasteiger partial charge in [0.25, 0.3) is 0 Å². The Kier molecular flexibility index (Phi) is 2.12. The molecule has 2 rings (SSSR count). The van der Waals surface area contributed by atoms with Crippen LogP contribution in [0, 0.1) is 11.3 Å². The Labute approximate surface area is 78.1 Å². The average Bonchev–Trinajstić information content (AvgIpc) is 2.67. The van der Waals surface area contributed by atoms with Crippen molar-refractivity contribution < 1.29 is 9.53 Å². The number of esters is 1. The molecule has 13 heavy (non-hydrogen) atoms. The molecule has 72 valence electrons. The third kappa shape index (κ3) is 1.61. The zero-order valence-electron chi connectivity index (χ0n) is 7.88. The summed E-state index contributed by atoms with van der Waals surface area (Å²) in [6, 6.07) is 0. The van der Waals surface area contributed by atoms with Gasteiger partial charge in [0.15, 0.2) is 0 Å². The standard InChI is InChI=1S/C10H15NO2/c1-2-13-9(12)3-4-10-5-8(10)6-11-7-10/h3-4,8,11H,2,5-7H2,1H3/b4-3+. The van der Waals surface area contributed by atoms with Gasteiger partial charge < -0.3 is 10.1 Å². The summed E-state index contributed by atoms with van der Waals surface area (Å²) < 4.78 is 4.82. The Hall–Kier alpha value is -0.830. The quantitative estimate of drug-likeness (QED) is 0.515. The maximum absolute atomic E-state index is 11.0. The van der Waals surface area contributed by atoms with E-state index in [1.165, 1.54) is 6.42 Å². The molecule has 0 aromatic rings. The van der Waals surface area contributed by atoms with Crippen LogP contribution in [-0.2, 0) is 9.53 Å². The second-order valence-electron chi connectivity index (χ2n) is 3.85. The minimum atomic E-state index is -0.213. The summed E-state index contributed by atoms with van der Waals surface area (Å²) in [5.74, 6) is 0.549. The Bertz CT molecular complexity index is 249. The maximum atomic E-state index is 11.0. The van der Waals surface area contributed by atoms with Crippen molar-refractivity contribution in [3.8, 4) is 0 Å². The number of piperidine rings is 1. The number of carbonyl (C=O) groups excluding carboxylic acids is 1. The molecule has 1 N–H and O–H groups in total. The lowest BCUT2D eigenvalue weighted by Crippen LogP contribution is -2.15. The zero-order valence-corrected chi connectivity index (χ0v) is 7.88. The van der Waals surface area contributed by atoms with E-state index in [-0.39, 0.29) is 5.97 Å². The summed E-state index contributed by atoms with van der Waals surface area (Å²) in [5.41, 5.74) is 0.298. The Morgan fingerprint density at radius 2 is 2.62 bits per heavy atom. The Morgan fingerprint density at radius 3 is 3.15 bits per heavy atom. The van der Waals surface area contributed by atoms with Gasteiger partial charge in [0.05, 0.1) is 6.61 Å². The van der Waals surface area contributed by atoms with Crippen molar-refractivity contribution in [3.63, 3.8) is 0 Å². The first-order chi connectivity index (χ1) is 6.27. The van der Waals surface area contributed by atoms with E-state index < -0.39 is 0 Å². The second-order valence-corrected chi connectivity index (χ2v) is 3.85. The highest BCUT2D eigenvalue weighted by Crippen LogP contribution is 2.55. The van der Waals surface area contributed by atoms with Gasteiger partial charge in [-0.15, -0.1) is 0 Å². The molecule has 1 heterocycles. The fourth-order valence-corrected chi connectivity index (χ4v) is 2.06. The number of hydrogen-bond acceptors (Lipinski definition) is 3. The molecule has 1 aliphatic heterocycles. The van der Waals surface area contributed by atoms with E-state index in [4.69, 9.17) is 4.74 Å². The lowest BCUT2D eigenvalue weighted by atomic mass is 10.1. The molecule has 0 aromatic carbocycles. The molecular weight excluding hydrogens is 166 g/mol. The summed E-state index contributed by atoms with van der Waals surface area (Å²) in [5, 5.41) is 3.31. The van der Waals surface area contributed by atoms with E-state index >= 15 is 0 Å². The molecule has 0 bridgehead atoms. The fraction of sp³-hybridized carbons (Fsp3) is 0.700. The Morgan fingerprint density at radius 1 is 1.77 bits per heavy atom. The summed E-state index contributed by atoms with van der Waals surface area (Å²) in [6.45, 7) is 4.40. The summed E-state index contributed by atoms with van der Waals surface area (Å²) in [6.07, 6.45) is 4.84. The lowest BCUT2D eigenvalue weighted by Gasteiger charge is -2.03. The highest BCUT2D eigenvalue weighted by Gasteiger charge is 2.55. The van der Waals surface area contributed by atoms with E-state index in [0.29, 0.717) is 12.0 Å². The van der Waals surface area contributed by atoms with E-state index in [0.717, 1.165) is 19.0 Å². The molecule has 0 amide bonds. The van der Waals surface area contributed by atoms with Crippen LogP contribution < -0.4 is 5.32 Å². The largest absolute Gasteiger partial charge is 0.463 e. The molecule has 1 saturated carbocycles. The van der Waals surface area contributed by atoms with Gasteiger partial charge in [0, 0.05) is 18.0 Å². The van der Waals surface area contributed by atoms with E-state index in [9.17, 15) is 4.79 Å². The van der Waals surface area contributed by atoms with Crippen LogP contribution >= 0.6 is 0 Å². The van der Waals surface area contributed by atoms with E-state index in [2.05, 4.69) is 5.32 Å². The first-order valence-electron chi connectivity index (χ1n) is 4.83. The lowest BCUT2D eigenvalue weighted by molar-refractivity contribution is -0.137. The normalized spacial score (nSPS) is 36.2. The van der Waals surface area contributed by atoms with Gasteiger partial charge in [-0.2, -0.15) is 0 Å². The van der Waals surface area contributed by atoms with Crippen molar-refractivity contribution >= 4 is 5.97 Å². The van der Waals surface area contributed by atoms with Gasteiger partial charge in [0.2, 0.25) is 0 Å². The van der Waals surface area contributed by atoms with Crippen LogP contribution in [-0.4, -0.2) is 25.7 Å². The monoisotopic (exact) mass is 181 g/mol. The minimum absolute atomic E-state index is 0.213. The maximum Gasteiger partial charge on any atom is 0.330 e. The van der Waals surface area contributed by atoms with Crippen LogP contribution in [0.1, 0.15) is 13.3 Å². The first kappa shape index (κ1) is 8.75. The van der Waals surface area contributed by atoms with Gasteiger partial charge in [-0.1, -0.05) is 6.08 Å². The number of nitrogens with one attached hydrogen (secondary N) is 1. The molecular formula is C10H15NO2.